The summed E-state index contributed by atoms with van der Waals surface area (Å²) in [5.41, 5.74) is 9.18. The zero-order valence-corrected chi connectivity index (χ0v) is 25.5. The van der Waals surface area contributed by atoms with Crippen molar-refractivity contribution in [2.75, 3.05) is 0 Å². The number of rotatable bonds is 5. The number of hydrogen-bond acceptors (Lipinski definition) is 4. The average Bonchev–Trinajstić information content (AvgIpc) is 3.54. The second-order valence-electron chi connectivity index (χ2n) is 11.8. The van der Waals surface area contributed by atoms with E-state index in [1.807, 2.05) is 24.3 Å². The third-order valence-corrected chi connectivity index (χ3v) is 8.95. The number of para-hydroxylation sites is 1. The molecule has 0 amide bonds. The van der Waals surface area contributed by atoms with E-state index in [2.05, 4.69) is 145 Å². The highest BCUT2D eigenvalue weighted by atomic mass is 16.3. The molecule has 0 bridgehead atoms. The van der Waals surface area contributed by atoms with Gasteiger partial charge in [0.15, 0.2) is 5.84 Å². The Kier molecular flexibility index (Phi) is 6.50. The maximum absolute atomic E-state index is 6.40. The monoisotopic (exact) mass is 603 g/mol. The first kappa shape index (κ1) is 27.1. The lowest BCUT2D eigenvalue weighted by atomic mass is 9.92. The third kappa shape index (κ3) is 4.88. The Morgan fingerprint density at radius 2 is 1.17 bits per heavy atom. The molecule has 47 heavy (non-hydrogen) atoms. The molecule has 0 fully saturated rings. The van der Waals surface area contributed by atoms with E-state index in [-0.39, 0.29) is 6.17 Å². The molecule has 2 heterocycles. The molecule has 1 unspecified atom stereocenters. The molecule has 9 rings (SSSR count). The SMILES string of the molecule is c1ccc(-c2ccc(C3=NC(c4c(-c5ccc6ccccc6c5)ccc5oc6ccccc6c45)=NC(c4ccccc4)N3)cc2)cc1. The van der Waals surface area contributed by atoms with Crippen molar-refractivity contribution in [3.63, 3.8) is 0 Å². The van der Waals surface area contributed by atoms with Gasteiger partial charge in [-0.2, -0.15) is 0 Å². The van der Waals surface area contributed by atoms with Crippen LogP contribution < -0.4 is 5.32 Å². The van der Waals surface area contributed by atoms with Crippen molar-refractivity contribution < 1.29 is 4.42 Å². The Hall–Kier alpha value is -6.26. The van der Waals surface area contributed by atoms with Crippen LogP contribution in [0, 0.1) is 0 Å². The van der Waals surface area contributed by atoms with Gasteiger partial charge in [0.2, 0.25) is 0 Å². The largest absolute Gasteiger partial charge is 0.456 e. The van der Waals surface area contributed by atoms with Crippen LogP contribution in [-0.2, 0) is 0 Å². The molecular weight excluding hydrogens is 574 g/mol. The maximum atomic E-state index is 6.40. The first-order chi connectivity index (χ1) is 23.3. The molecule has 0 spiro atoms. The minimum absolute atomic E-state index is 0.328. The van der Waals surface area contributed by atoms with Crippen molar-refractivity contribution in [2.24, 2.45) is 9.98 Å². The zero-order valence-electron chi connectivity index (χ0n) is 25.5. The highest BCUT2D eigenvalue weighted by Gasteiger charge is 2.26. The third-order valence-electron chi connectivity index (χ3n) is 8.95. The molecule has 1 aromatic heterocycles. The molecule has 4 nitrogen and oxygen atoms in total. The molecule has 222 valence electrons. The Bertz CT molecular complexity index is 2480. The van der Waals surface area contributed by atoms with Crippen LogP contribution in [0.4, 0.5) is 0 Å². The maximum Gasteiger partial charge on any atom is 0.160 e. The molecule has 7 aromatic carbocycles. The van der Waals surface area contributed by atoms with Crippen LogP contribution in [0.3, 0.4) is 0 Å². The fourth-order valence-corrected chi connectivity index (χ4v) is 6.61. The molecule has 0 radical (unpaired) electrons. The summed E-state index contributed by atoms with van der Waals surface area (Å²) in [5, 5.41) is 8.09. The molecule has 1 N–H and O–H groups in total. The smallest absolute Gasteiger partial charge is 0.160 e. The predicted octanol–water partition coefficient (Wildman–Crippen LogP) is 10.6. The van der Waals surface area contributed by atoms with Gasteiger partial charge in [-0.3, -0.25) is 0 Å². The van der Waals surface area contributed by atoms with Gasteiger partial charge in [-0.05, 0) is 62.9 Å². The van der Waals surface area contributed by atoms with Crippen molar-refractivity contribution >= 4 is 44.4 Å². The standard InChI is InChI=1S/C43H29N3O/c1-3-11-28(12-4-1)30-19-22-32(23-20-30)42-44-41(31-14-5-2-6-15-31)45-43(46-42)40-35(34-24-21-29-13-7-8-16-33(29)27-34)25-26-38-39(40)36-17-9-10-18-37(36)47-38/h1-27,41H,(H,44,45,46). The van der Waals surface area contributed by atoms with Gasteiger partial charge in [0.1, 0.15) is 23.2 Å². The fourth-order valence-electron chi connectivity index (χ4n) is 6.61. The van der Waals surface area contributed by atoms with Crippen LogP contribution in [-0.4, -0.2) is 11.7 Å². The summed E-state index contributed by atoms with van der Waals surface area (Å²) in [4.78, 5) is 10.6. The second kappa shape index (κ2) is 11.3. The summed E-state index contributed by atoms with van der Waals surface area (Å²) in [6.45, 7) is 0. The summed E-state index contributed by atoms with van der Waals surface area (Å²) in [5.74, 6) is 1.44. The van der Waals surface area contributed by atoms with Gasteiger partial charge in [-0.25, -0.2) is 9.98 Å². The number of nitrogens with one attached hydrogen (secondary N) is 1. The second-order valence-corrected chi connectivity index (χ2v) is 11.8. The van der Waals surface area contributed by atoms with Gasteiger partial charge in [0, 0.05) is 21.9 Å². The van der Waals surface area contributed by atoms with Crippen molar-refractivity contribution in [3.8, 4) is 22.3 Å². The van der Waals surface area contributed by atoms with E-state index >= 15 is 0 Å². The highest BCUT2D eigenvalue weighted by Crippen LogP contribution is 2.39. The van der Waals surface area contributed by atoms with E-state index in [1.165, 1.54) is 16.3 Å². The quantitative estimate of drug-likeness (QED) is 0.213. The summed E-state index contributed by atoms with van der Waals surface area (Å²) >= 11 is 0. The number of furan rings is 1. The van der Waals surface area contributed by atoms with Crippen molar-refractivity contribution in [2.45, 2.75) is 6.17 Å². The first-order valence-corrected chi connectivity index (χ1v) is 15.9. The zero-order chi connectivity index (χ0) is 31.2. The lowest BCUT2D eigenvalue weighted by Gasteiger charge is -2.25. The lowest BCUT2D eigenvalue weighted by molar-refractivity contribution is 0.668. The molecule has 8 aromatic rings. The van der Waals surface area contributed by atoms with Gasteiger partial charge < -0.3 is 9.73 Å². The summed E-state index contributed by atoms with van der Waals surface area (Å²) in [6, 6.07) is 56.9. The van der Waals surface area contributed by atoms with E-state index in [1.54, 1.807) is 0 Å². The summed E-state index contributed by atoms with van der Waals surface area (Å²) in [7, 11) is 0. The van der Waals surface area contributed by atoms with Crippen molar-refractivity contribution in [1.82, 2.24) is 5.32 Å². The predicted molar refractivity (Wildman–Crippen MR) is 194 cm³/mol. The molecule has 1 atom stereocenters. The fraction of sp³-hybridized carbons (Fsp3) is 0.0233. The highest BCUT2D eigenvalue weighted by molar-refractivity contribution is 6.25. The normalized spacial score (nSPS) is 14.6. The topological polar surface area (TPSA) is 49.9 Å². The Morgan fingerprint density at radius 3 is 2.00 bits per heavy atom. The minimum atomic E-state index is -0.328. The minimum Gasteiger partial charge on any atom is -0.456 e. The van der Waals surface area contributed by atoms with E-state index < -0.39 is 0 Å². The van der Waals surface area contributed by atoms with Crippen LogP contribution in [0.2, 0.25) is 0 Å². The average molecular weight is 604 g/mol. The molecular formula is C43H29N3O. The molecule has 0 aliphatic carbocycles. The first-order valence-electron chi connectivity index (χ1n) is 15.9. The summed E-state index contributed by atoms with van der Waals surface area (Å²) in [6.07, 6.45) is -0.328. The van der Waals surface area contributed by atoms with Crippen molar-refractivity contribution in [3.05, 3.63) is 180 Å². The Labute approximate surface area is 272 Å². The van der Waals surface area contributed by atoms with Crippen LogP contribution >= 0.6 is 0 Å². The van der Waals surface area contributed by atoms with Gasteiger partial charge in [-0.1, -0.05) is 140 Å². The molecule has 4 heteroatoms. The summed E-state index contributed by atoms with van der Waals surface area (Å²) < 4.78 is 6.40. The van der Waals surface area contributed by atoms with E-state index in [0.717, 1.165) is 61.2 Å². The van der Waals surface area contributed by atoms with Crippen LogP contribution in [0.1, 0.15) is 22.9 Å². The number of benzene rings is 7. The molecule has 1 aliphatic heterocycles. The van der Waals surface area contributed by atoms with Crippen LogP contribution in [0.25, 0.3) is 55.0 Å². The number of nitrogens with zero attached hydrogens (tertiary/aromatic N) is 2. The van der Waals surface area contributed by atoms with E-state index in [4.69, 9.17) is 14.4 Å². The van der Waals surface area contributed by atoms with Gasteiger partial charge >= 0.3 is 0 Å². The van der Waals surface area contributed by atoms with Gasteiger partial charge in [-0.15, -0.1) is 0 Å². The number of hydrogen-bond donors (Lipinski definition) is 1. The molecule has 0 saturated carbocycles. The number of amidine groups is 2. The number of fused-ring (bicyclic) bond motifs is 4. The van der Waals surface area contributed by atoms with Crippen LogP contribution in [0.15, 0.2) is 178 Å². The van der Waals surface area contributed by atoms with Crippen molar-refractivity contribution in [1.29, 1.82) is 0 Å². The lowest BCUT2D eigenvalue weighted by Crippen LogP contribution is -2.33. The van der Waals surface area contributed by atoms with Gasteiger partial charge in [0.25, 0.3) is 0 Å². The molecule has 0 saturated heterocycles. The Morgan fingerprint density at radius 1 is 0.511 bits per heavy atom. The molecule has 1 aliphatic rings. The van der Waals surface area contributed by atoms with E-state index in [9.17, 15) is 0 Å². The van der Waals surface area contributed by atoms with E-state index in [0.29, 0.717) is 5.84 Å². The van der Waals surface area contributed by atoms with Gasteiger partial charge in [0.05, 0.1) is 0 Å². The Balaban J connectivity index is 1.28. The number of aliphatic imine (C=N–C) groups is 2. The van der Waals surface area contributed by atoms with Crippen LogP contribution in [0.5, 0.6) is 0 Å².